The first-order chi connectivity index (χ1) is 17.0. The van der Waals surface area contributed by atoms with Crippen LogP contribution >= 0.6 is 0 Å². The number of hydrogen-bond acceptors (Lipinski definition) is 5. The fourth-order valence-corrected chi connectivity index (χ4v) is 4.69. The van der Waals surface area contributed by atoms with Crippen LogP contribution in [0.3, 0.4) is 0 Å². The van der Waals surface area contributed by atoms with Gasteiger partial charge in [0.25, 0.3) is 0 Å². The summed E-state index contributed by atoms with van der Waals surface area (Å²) in [5, 5.41) is 8.17. The molecule has 0 aliphatic carbocycles. The predicted octanol–water partition coefficient (Wildman–Crippen LogP) is 3.82. The van der Waals surface area contributed by atoms with Gasteiger partial charge in [-0.25, -0.2) is 4.98 Å². The van der Waals surface area contributed by atoms with Gasteiger partial charge in [-0.1, -0.05) is 25.0 Å². The first-order valence-electron chi connectivity index (χ1n) is 12.6. The van der Waals surface area contributed by atoms with Gasteiger partial charge in [0.1, 0.15) is 5.82 Å². The number of carbonyl (C=O) groups is 2. The number of aromatic amines is 1. The molecule has 8 nitrogen and oxygen atoms in total. The number of imidazole rings is 1. The van der Waals surface area contributed by atoms with E-state index in [2.05, 4.69) is 55.7 Å². The quantitative estimate of drug-likeness (QED) is 0.386. The minimum absolute atomic E-state index is 0.0457. The smallest absolute Gasteiger partial charge is 0.223 e. The van der Waals surface area contributed by atoms with Gasteiger partial charge >= 0.3 is 0 Å². The summed E-state index contributed by atoms with van der Waals surface area (Å²) >= 11 is 0. The molecule has 1 aliphatic rings. The number of amides is 2. The van der Waals surface area contributed by atoms with Gasteiger partial charge in [0, 0.05) is 42.7 Å². The Bertz CT molecular complexity index is 1140. The maximum absolute atomic E-state index is 13.1. The largest absolute Gasteiger partial charge is 0.359 e. The van der Waals surface area contributed by atoms with Crippen molar-refractivity contribution in [1.29, 1.82) is 0 Å². The fourth-order valence-electron chi connectivity index (χ4n) is 4.69. The van der Waals surface area contributed by atoms with Crippen LogP contribution in [0.25, 0.3) is 22.0 Å². The number of carbonyl (C=O) groups excluding carboxylic acids is 2. The number of rotatable bonds is 10. The Balaban J connectivity index is 1.45. The Kier molecular flexibility index (Phi) is 8.47. The summed E-state index contributed by atoms with van der Waals surface area (Å²) in [6, 6.07) is 8.07. The van der Waals surface area contributed by atoms with Crippen molar-refractivity contribution in [2.75, 3.05) is 27.2 Å². The number of hydrogen-bond donors (Lipinski definition) is 3. The van der Waals surface area contributed by atoms with Crippen molar-refractivity contribution in [2.24, 2.45) is 5.92 Å². The maximum atomic E-state index is 13.1. The minimum atomic E-state index is -0.182. The van der Waals surface area contributed by atoms with E-state index < -0.39 is 0 Å². The Labute approximate surface area is 206 Å². The normalized spacial score (nSPS) is 15.7. The molecule has 8 heteroatoms. The molecule has 186 valence electrons. The minimum Gasteiger partial charge on any atom is -0.359 e. The number of unbranched alkanes of at least 4 members (excludes halogenated alkanes) is 2. The molecule has 4 rings (SSSR count). The van der Waals surface area contributed by atoms with Crippen LogP contribution in [0.4, 0.5) is 0 Å². The summed E-state index contributed by atoms with van der Waals surface area (Å²) in [4.78, 5) is 39.2. The van der Waals surface area contributed by atoms with Gasteiger partial charge < -0.3 is 20.5 Å². The molecule has 3 N–H and O–H groups in total. The summed E-state index contributed by atoms with van der Waals surface area (Å²) in [5.41, 5.74) is 1.96. The van der Waals surface area contributed by atoms with E-state index in [1.54, 1.807) is 13.2 Å². The highest BCUT2D eigenvalue weighted by Gasteiger charge is 2.26. The van der Waals surface area contributed by atoms with Gasteiger partial charge in [-0.3, -0.25) is 14.6 Å². The van der Waals surface area contributed by atoms with Gasteiger partial charge in [0.05, 0.1) is 17.9 Å². The SMILES string of the molecule is CNC(=O)CCCCC[C@H](NC(=O)C1CCN(C)CC1)c1ncc(-c2ccc3ccncc3c2)[nH]1. The average Bonchev–Trinajstić information content (AvgIpc) is 3.38. The first kappa shape index (κ1) is 24.9. The molecule has 1 fully saturated rings. The molecule has 0 unspecified atom stereocenters. The molecule has 0 bridgehead atoms. The lowest BCUT2D eigenvalue weighted by molar-refractivity contribution is -0.127. The van der Waals surface area contributed by atoms with Crippen LogP contribution < -0.4 is 10.6 Å². The summed E-state index contributed by atoms with van der Waals surface area (Å²) in [6.07, 6.45) is 11.3. The number of nitrogens with zero attached hydrogens (tertiary/aromatic N) is 3. The van der Waals surface area contributed by atoms with Gasteiger partial charge in [-0.2, -0.15) is 0 Å². The molecular formula is C27H36N6O2. The van der Waals surface area contributed by atoms with Crippen molar-refractivity contribution in [3.8, 4) is 11.3 Å². The van der Waals surface area contributed by atoms with E-state index in [9.17, 15) is 9.59 Å². The van der Waals surface area contributed by atoms with E-state index in [1.807, 2.05) is 18.5 Å². The molecule has 2 aromatic heterocycles. The Morgan fingerprint density at radius 3 is 2.74 bits per heavy atom. The topological polar surface area (TPSA) is 103 Å². The van der Waals surface area contributed by atoms with Crippen molar-refractivity contribution in [1.82, 2.24) is 30.5 Å². The summed E-state index contributed by atoms with van der Waals surface area (Å²) in [5.74, 6) is 1.00. The summed E-state index contributed by atoms with van der Waals surface area (Å²) in [7, 11) is 3.76. The lowest BCUT2D eigenvalue weighted by atomic mass is 9.95. The fraction of sp³-hybridized carbons (Fsp3) is 0.481. The summed E-state index contributed by atoms with van der Waals surface area (Å²) < 4.78 is 0. The van der Waals surface area contributed by atoms with Crippen molar-refractivity contribution >= 4 is 22.6 Å². The molecule has 1 saturated heterocycles. The standard InChI is InChI=1S/C27H36N6O2/c1-28-25(34)7-5-3-4-6-23(32-27(35)20-11-14-33(2)15-12-20)26-30-18-24(31-26)21-9-8-19-10-13-29-17-22(19)16-21/h8-10,13,16-18,20,23H,3-7,11-12,14-15H2,1-2H3,(H,28,34)(H,30,31)(H,32,35)/t23-/m0/s1. The second-order valence-electron chi connectivity index (χ2n) is 9.53. The van der Waals surface area contributed by atoms with Crippen LogP contribution in [0.2, 0.25) is 0 Å². The number of H-pyrrole nitrogens is 1. The second-order valence-corrected chi connectivity index (χ2v) is 9.53. The van der Waals surface area contributed by atoms with Crippen LogP contribution in [0.15, 0.2) is 42.9 Å². The molecule has 1 atom stereocenters. The van der Waals surface area contributed by atoms with Crippen LogP contribution in [0.5, 0.6) is 0 Å². The monoisotopic (exact) mass is 476 g/mol. The molecule has 3 heterocycles. The third-order valence-electron chi connectivity index (χ3n) is 6.96. The summed E-state index contributed by atoms with van der Waals surface area (Å²) in [6.45, 7) is 1.90. The highest BCUT2D eigenvalue weighted by molar-refractivity contribution is 5.86. The Morgan fingerprint density at radius 2 is 1.94 bits per heavy atom. The predicted molar refractivity (Wildman–Crippen MR) is 138 cm³/mol. The van der Waals surface area contributed by atoms with E-state index in [0.29, 0.717) is 6.42 Å². The van der Waals surface area contributed by atoms with Gasteiger partial charge in [-0.05, 0) is 63.3 Å². The zero-order chi connectivity index (χ0) is 24.6. The number of nitrogens with one attached hydrogen (secondary N) is 3. The third-order valence-corrected chi connectivity index (χ3v) is 6.96. The molecule has 35 heavy (non-hydrogen) atoms. The maximum Gasteiger partial charge on any atom is 0.223 e. The molecule has 0 spiro atoms. The highest BCUT2D eigenvalue weighted by atomic mass is 16.2. The molecule has 1 aliphatic heterocycles. The lowest BCUT2D eigenvalue weighted by Crippen LogP contribution is -2.40. The number of likely N-dealkylation sites (tertiary alicyclic amines) is 1. The Morgan fingerprint density at radius 1 is 1.11 bits per heavy atom. The third kappa shape index (κ3) is 6.66. The number of fused-ring (bicyclic) bond motifs is 1. The average molecular weight is 477 g/mol. The zero-order valence-corrected chi connectivity index (χ0v) is 20.7. The second kappa shape index (κ2) is 11.9. The van der Waals surface area contributed by atoms with Crippen LogP contribution in [-0.4, -0.2) is 58.9 Å². The number of aromatic nitrogens is 3. The number of benzene rings is 1. The van der Waals surface area contributed by atoms with Crippen molar-refractivity contribution < 1.29 is 9.59 Å². The van der Waals surface area contributed by atoms with E-state index in [4.69, 9.17) is 0 Å². The van der Waals surface area contributed by atoms with Crippen LogP contribution in [-0.2, 0) is 9.59 Å². The van der Waals surface area contributed by atoms with Gasteiger partial charge in [0.2, 0.25) is 11.8 Å². The van der Waals surface area contributed by atoms with Crippen molar-refractivity contribution in [2.45, 2.75) is 51.0 Å². The molecule has 0 saturated carbocycles. The van der Waals surface area contributed by atoms with Crippen molar-refractivity contribution in [3.05, 3.63) is 48.7 Å². The van der Waals surface area contributed by atoms with Gasteiger partial charge in [0.15, 0.2) is 0 Å². The number of pyridine rings is 1. The van der Waals surface area contributed by atoms with E-state index in [-0.39, 0.29) is 23.8 Å². The van der Waals surface area contributed by atoms with E-state index >= 15 is 0 Å². The van der Waals surface area contributed by atoms with Crippen LogP contribution in [0.1, 0.15) is 56.8 Å². The molecule has 2 amide bonds. The lowest BCUT2D eigenvalue weighted by Gasteiger charge is -2.29. The molecular weight excluding hydrogens is 440 g/mol. The first-order valence-corrected chi connectivity index (χ1v) is 12.6. The van der Waals surface area contributed by atoms with Crippen molar-refractivity contribution in [3.63, 3.8) is 0 Å². The van der Waals surface area contributed by atoms with E-state index in [1.165, 1.54) is 0 Å². The van der Waals surface area contributed by atoms with Gasteiger partial charge in [-0.15, -0.1) is 0 Å². The highest BCUT2D eigenvalue weighted by Crippen LogP contribution is 2.26. The zero-order valence-electron chi connectivity index (χ0n) is 20.7. The molecule has 3 aromatic rings. The number of piperidine rings is 1. The van der Waals surface area contributed by atoms with E-state index in [0.717, 1.165) is 79.5 Å². The molecule has 0 radical (unpaired) electrons. The Hall–Kier alpha value is -3.26. The van der Waals surface area contributed by atoms with Crippen LogP contribution in [0, 0.1) is 5.92 Å². The molecule has 1 aromatic carbocycles.